The van der Waals surface area contributed by atoms with E-state index >= 15 is 4.39 Å². The Hall–Kier alpha value is -5.08. The highest BCUT2D eigenvalue weighted by atomic mass is 19.1. The van der Waals surface area contributed by atoms with Gasteiger partial charge in [0.15, 0.2) is 23.1 Å². The SMILES string of the molecule is O=C(Nc1ccc(F)cc1)C1(C(=O)Nc2ccc(Oc3ncnc4cc(OCCN5CCOCC5)c5c(c34)OCCO5)c(F)c2)CC1. The van der Waals surface area contributed by atoms with Crippen LogP contribution in [-0.2, 0) is 14.3 Å². The number of benzene rings is 3. The summed E-state index contributed by atoms with van der Waals surface area (Å²) < 4.78 is 57.9. The van der Waals surface area contributed by atoms with Crippen molar-refractivity contribution in [2.75, 3.05) is 63.3 Å². The number of fused-ring (bicyclic) bond motifs is 3. The van der Waals surface area contributed by atoms with E-state index in [1.165, 1.54) is 42.7 Å². The van der Waals surface area contributed by atoms with Gasteiger partial charge in [0.05, 0.1) is 18.7 Å². The van der Waals surface area contributed by atoms with Gasteiger partial charge in [-0.05, 0) is 49.2 Å². The van der Waals surface area contributed by atoms with Crippen molar-refractivity contribution in [2.24, 2.45) is 5.41 Å². The number of morpholine rings is 1. The van der Waals surface area contributed by atoms with Crippen LogP contribution in [0.4, 0.5) is 20.2 Å². The summed E-state index contributed by atoms with van der Waals surface area (Å²) in [6.45, 7) is 4.80. The maximum Gasteiger partial charge on any atom is 0.240 e. The van der Waals surface area contributed by atoms with Crippen molar-refractivity contribution in [3.63, 3.8) is 0 Å². The number of carbonyl (C=O) groups excluding carboxylic acids is 2. The van der Waals surface area contributed by atoms with Crippen molar-refractivity contribution in [3.05, 3.63) is 66.5 Å². The number of hydrogen-bond donors (Lipinski definition) is 2. The van der Waals surface area contributed by atoms with Crippen LogP contribution in [0.3, 0.4) is 0 Å². The minimum atomic E-state index is -1.30. The second kappa shape index (κ2) is 13.0. The van der Waals surface area contributed by atoms with Crippen LogP contribution in [0, 0.1) is 17.0 Å². The first-order chi connectivity index (χ1) is 22.9. The predicted molar refractivity (Wildman–Crippen MR) is 165 cm³/mol. The van der Waals surface area contributed by atoms with Gasteiger partial charge in [-0.3, -0.25) is 14.5 Å². The van der Waals surface area contributed by atoms with Gasteiger partial charge in [0, 0.05) is 43.1 Å². The Kier molecular flexibility index (Phi) is 8.43. The largest absolute Gasteiger partial charge is 0.488 e. The average Bonchev–Trinajstić information content (AvgIpc) is 3.90. The molecule has 244 valence electrons. The number of amides is 2. The van der Waals surface area contributed by atoms with E-state index in [0.717, 1.165) is 25.7 Å². The third kappa shape index (κ3) is 6.46. The number of carbonyl (C=O) groups is 2. The molecule has 3 aromatic carbocycles. The first-order valence-corrected chi connectivity index (χ1v) is 15.3. The second-order valence-electron chi connectivity index (χ2n) is 11.3. The first-order valence-electron chi connectivity index (χ1n) is 15.3. The minimum absolute atomic E-state index is 0.0432. The lowest BCUT2D eigenvalue weighted by atomic mass is 10.0. The zero-order valence-corrected chi connectivity index (χ0v) is 25.2. The molecule has 7 rings (SSSR count). The normalized spacial score (nSPS) is 16.7. The quantitative estimate of drug-likeness (QED) is 0.237. The van der Waals surface area contributed by atoms with Crippen LogP contribution in [0.2, 0.25) is 0 Å². The summed E-state index contributed by atoms with van der Waals surface area (Å²) in [5.74, 6) is -1.22. The Balaban J connectivity index is 1.06. The van der Waals surface area contributed by atoms with Gasteiger partial charge >= 0.3 is 0 Å². The zero-order valence-electron chi connectivity index (χ0n) is 25.2. The van der Waals surface area contributed by atoms with Crippen molar-refractivity contribution >= 4 is 34.1 Å². The monoisotopic (exact) mass is 647 g/mol. The maximum atomic E-state index is 15.4. The van der Waals surface area contributed by atoms with E-state index in [1.807, 2.05) is 0 Å². The summed E-state index contributed by atoms with van der Waals surface area (Å²) in [5, 5.41) is 5.66. The Morgan fingerprint density at radius 2 is 1.55 bits per heavy atom. The van der Waals surface area contributed by atoms with Crippen molar-refractivity contribution in [1.29, 1.82) is 0 Å². The summed E-state index contributed by atoms with van der Waals surface area (Å²) in [6, 6.07) is 10.9. The van der Waals surface area contributed by atoms with E-state index in [2.05, 4.69) is 25.5 Å². The Labute approximate surface area is 267 Å². The highest BCUT2D eigenvalue weighted by molar-refractivity contribution is 6.16. The molecule has 1 saturated carbocycles. The van der Waals surface area contributed by atoms with E-state index in [-0.39, 0.29) is 23.9 Å². The van der Waals surface area contributed by atoms with Crippen LogP contribution in [0.5, 0.6) is 28.9 Å². The van der Waals surface area contributed by atoms with Gasteiger partial charge in [-0.25, -0.2) is 18.7 Å². The smallest absolute Gasteiger partial charge is 0.240 e. The van der Waals surface area contributed by atoms with Gasteiger partial charge in [-0.2, -0.15) is 0 Å². The molecule has 47 heavy (non-hydrogen) atoms. The standard InChI is InChI=1S/C33H31F2N5O7/c34-20-1-3-21(4-2-20)38-31(41)33(7-8-33)32(42)39-22-5-6-25(23(35)17-22)47-30-27-24(36-19-37-30)18-26(28-29(27)46-16-15-45-28)44-14-11-40-9-12-43-13-10-40/h1-6,17-19H,7-16H2,(H,38,41)(H,39,42). The molecule has 2 fully saturated rings. The molecule has 12 nitrogen and oxygen atoms in total. The topological polar surface area (TPSA) is 133 Å². The number of aromatic nitrogens is 2. The molecule has 1 aromatic heterocycles. The van der Waals surface area contributed by atoms with Gasteiger partial charge in [0.25, 0.3) is 0 Å². The first kappa shape index (κ1) is 30.6. The molecule has 4 aromatic rings. The van der Waals surface area contributed by atoms with Gasteiger partial charge in [-0.1, -0.05) is 0 Å². The molecule has 14 heteroatoms. The van der Waals surface area contributed by atoms with Crippen LogP contribution in [0.25, 0.3) is 10.9 Å². The highest BCUT2D eigenvalue weighted by Crippen LogP contribution is 2.49. The molecule has 1 aliphatic carbocycles. The molecule has 3 heterocycles. The van der Waals surface area contributed by atoms with Crippen molar-refractivity contribution in [3.8, 4) is 28.9 Å². The van der Waals surface area contributed by atoms with Crippen molar-refractivity contribution in [1.82, 2.24) is 14.9 Å². The third-order valence-corrected chi connectivity index (χ3v) is 8.23. The van der Waals surface area contributed by atoms with E-state index in [4.69, 9.17) is 23.7 Å². The molecule has 3 aliphatic rings. The number of nitrogens with zero attached hydrogens (tertiary/aromatic N) is 3. The van der Waals surface area contributed by atoms with Crippen LogP contribution >= 0.6 is 0 Å². The number of nitrogens with one attached hydrogen (secondary N) is 2. The van der Waals surface area contributed by atoms with Gasteiger partial charge in [0.1, 0.15) is 42.8 Å². The summed E-state index contributed by atoms with van der Waals surface area (Å²) in [7, 11) is 0. The van der Waals surface area contributed by atoms with Crippen LogP contribution in [0.1, 0.15) is 12.8 Å². The van der Waals surface area contributed by atoms with Gasteiger partial charge < -0.3 is 34.3 Å². The molecule has 0 unspecified atom stereocenters. The molecule has 0 bridgehead atoms. The summed E-state index contributed by atoms with van der Waals surface area (Å²) in [6.07, 6.45) is 1.95. The molecule has 2 aliphatic heterocycles. The molecule has 0 spiro atoms. The Bertz CT molecular complexity index is 1810. The second-order valence-corrected chi connectivity index (χ2v) is 11.3. The molecule has 0 atom stereocenters. The van der Waals surface area contributed by atoms with Gasteiger partial charge in [0.2, 0.25) is 23.4 Å². The average molecular weight is 648 g/mol. The summed E-state index contributed by atoms with van der Waals surface area (Å²) in [4.78, 5) is 36.8. The van der Waals surface area contributed by atoms with E-state index in [0.29, 0.717) is 73.1 Å². The number of ether oxygens (including phenoxy) is 5. The molecule has 1 saturated heterocycles. The fourth-order valence-corrected chi connectivity index (χ4v) is 5.46. The Morgan fingerprint density at radius 3 is 2.28 bits per heavy atom. The fourth-order valence-electron chi connectivity index (χ4n) is 5.46. The van der Waals surface area contributed by atoms with Gasteiger partial charge in [-0.15, -0.1) is 0 Å². The molecule has 2 amide bonds. The van der Waals surface area contributed by atoms with E-state index < -0.39 is 28.9 Å². The number of halogens is 2. The van der Waals surface area contributed by atoms with E-state index in [9.17, 15) is 14.0 Å². The number of anilines is 2. The van der Waals surface area contributed by atoms with Crippen molar-refractivity contribution < 1.29 is 42.1 Å². The van der Waals surface area contributed by atoms with Crippen molar-refractivity contribution in [2.45, 2.75) is 12.8 Å². The molecule has 0 radical (unpaired) electrons. The van der Waals surface area contributed by atoms with Crippen LogP contribution < -0.4 is 29.6 Å². The van der Waals surface area contributed by atoms with Crippen LogP contribution in [-0.4, -0.2) is 79.4 Å². The summed E-state index contributed by atoms with van der Waals surface area (Å²) in [5.41, 5.74) is -0.336. The predicted octanol–water partition coefficient (Wildman–Crippen LogP) is 4.54. The Morgan fingerprint density at radius 1 is 0.851 bits per heavy atom. The fraction of sp³-hybridized carbons (Fsp3) is 0.333. The highest BCUT2D eigenvalue weighted by Gasteiger charge is 2.56. The lowest BCUT2D eigenvalue weighted by molar-refractivity contribution is -0.131. The summed E-state index contributed by atoms with van der Waals surface area (Å²) >= 11 is 0. The zero-order chi connectivity index (χ0) is 32.4. The van der Waals surface area contributed by atoms with E-state index in [1.54, 1.807) is 6.07 Å². The maximum absolute atomic E-state index is 15.4. The number of hydrogen-bond acceptors (Lipinski definition) is 10. The third-order valence-electron chi connectivity index (χ3n) is 8.23. The minimum Gasteiger partial charge on any atom is -0.488 e. The lowest BCUT2D eigenvalue weighted by Gasteiger charge is -2.27. The number of rotatable bonds is 10. The molecule has 2 N–H and O–H groups in total. The molecular formula is C33H31F2N5O7. The lowest BCUT2D eigenvalue weighted by Crippen LogP contribution is -2.38. The van der Waals surface area contributed by atoms with Crippen LogP contribution in [0.15, 0.2) is 54.9 Å². The molecular weight excluding hydrogens is 616 g/mol.